The molecule has 0 atom stereocenters. The topological polar surface area (TPSA) is 154 Å². The molecule has 0 aromatic heterocycles. The van der Waals surface area contributed by atoms with Crippen LogP contribution in [-0.4, -0.2) is 35.2 Å². The third-order valence-corrected chi connectivity index (χ3v) is 3.21. The van der Waals surface area contributed by atoms with E-state index in [-0.39, 0.29) is 23.7 Å². The molecule has 0 spiro atoms. The first kappa shape index (κ1) is 21.6. The Labute approximate surface area is 153 Å². The van der Waals surface area contributed by atoms with Crippen LogP contribution in [0.2, 0.25) is 0 Å². The van der Waals surface area contributed by atoms with Gasteiger partial charge in [0.15, 0.2) is 5.75 Å². The monoisotopic (exact) mass is 382 g/mol. The number of nitrogens with one attached hydrogen (secondary N) is 1. The van der Waals surface area contributed by atoms with Crippen molar-refractivity contribution in [2.75, 3.05) is 31.3 Å². The number of benzene rings is 2. The molecule has 0 saturated carbocycles. The van der Waals surface area contributed by atoms with E-state index >= 15 is 0 Å². The number of nitrogen functional groups attached to an aromatic ring is 1. The van der Waals surface area contributed by atoms with Crippen LogP contribution in [0.3, 0.4) is 0 Å². The first-order chi connectivity index (χ1) is 12.8. The molecule has 2 aromatic rings. The fraction of sp³-hybridized carbons (Fsp3) is 0.250. The average molecular weight is 382 g/mol. The predicted molar refractivity (Wildman–Crippen MR) is 97.3 cm³/mol. The average Bonchev–Trinajstić information content (AvgIpc) is 2.64. The molecule has 10 nitrogen and oxygen atoms in total. The molecule has 0 aliphatic heterocycles. The Bertz CT molecular complexity index is 802. The van der Waals surface area contributed by atoms with Crippen molar-refractivity contribution in [3.63, 3.8) is 0 Å². The lowest BCUT2D eigenvalue weighted by atomic mass is 10.2. The Morgan fingerprint density at radius 1 is 1.15 bits per heavy atom. The van der Waals surface area contributed by atoms with Gasteiger partial charge in [0, 0.05) is 36.7 Å². The zero-order chi connectivity index (χ0) is 20.4. The van der Waals surface area contributed by atoms with Crippen molar-refractivity contribution in [3.05, 3.63) is 62.4 Å². The third-order valence-electron chi connectivity index (χ3n) is 3.21. The Hall–Kier alpha value is -3.47. The summed E-state index contributed by atoms with van der Waals surface area (Å²) in [4.78, 5) is 19.5. The van der Waals surface area contributed by atoms with Gasteiger partial charge in [0.25, 0.3) is 0 Å². The number of aliphatic hydroxyl groups excluding tert-OH is 1. The zero-order valence-electron chi connectivity index (χ0n) is 14.4. The molecule has 2 aromatic carbocycles. The SMILES string of the molecule is COc1ccc(NCCCO)cc1[N+](=O)[O-].Nc1ccc(F)c([N+](=O)[O-])c1. The molecular weight excluding hydrogens is 363 g/mol. The van der Waals surface area contributed by atoms with Gasteiger partial charge in [-0.25, -0.2) is 0 Å². The molecule has 0 fully saturated rings. The maximum absolute atomic E-state index is 12.5. The van der Waals surface area contributed by atoms with E-state index in [4.69, 9.17) is 15.6 Å². The fourth-order valence-corrected chi connectivity index (χ4v) is 1.92. The van der Waals surface area contributed by atoms with Crippen molar-refractivity contribution in [2.45, 2.75) is 6.42 Å². The van der Waals surface area contributed by atoms with E-state index in [9.17, 15) is 24.6 Å². The largest absolute Gasteiger partial charge is 0.490 e. The zero-order valence-corrected chi connectivity index (χ0v) is 14.4. The number of nitro benzene ring substituents is 2. The van der Waals surface area contributed by atoms with Crippen molar-refractivity contribution in [1.29, 1.82) is 0 Å². The Morgan fingerprint density at radius 2 is 1.81 bits per heavy atom. The number of ether oxygens (including phenoxy) is 1. The molecule has 0 heterocycles. The van der Waals surface area contributed by atoms with Crippen LogP contribution < -0.4 is 15.8 Å². The summed E-state index contributed by atoms with van der Waals surface area (Å²) in [6.45, 7) is 0.658. The van der Waals surface area contributed by atoms with Gasteiger partial charge in [0.1, 0.15) is 0 Å². The highest BCUT2D eigenvalue weighted by atomic mass is 19.1. The number of nitro groups is 2. The van der Waals surface area contributed by atoms with Crippen LogP contribution >= 0.6 is 0 Å². The first-order valence-corrected chi connectivity index (χ1v) is 7.66. The van der Waals surface area contributed by atoms with Gasteiger partial charge in [-0.1, -0.05) is 0 Å². The lowest BCUT2D eigenvalue weighted by Gasteiger charge is -2.07. The summed E-state index contributed by atoms with van der Waals surface area (Å²) in [5.74, 6) is -0.637. The number of anilines is 2. The van der Waals surface area contributed by atoms with Gasteiger partial charge >= 0.3 is 11.4 Å². The van der Waals surface area contributed by atoms with Gasteiger partial charge in [-0.3, -0.25) is 20.2 Å². The molecular formula is C16H19FN4O6. The number of methoxy groups -OCH3 is 1. The summed E-state index contributed by atoms with van der Waals surface area (Å²) in [5.41, 5.74) is 5.35. The fourth-order valence-electron chi connectivity index (χ4n) is 1.92. The Kier molecular flexibility index (Phi) is 8.39. The van der Waals surface area contributed by atoms with Crippen molar-refractivity contribution < 1.29 is 24.1 Å². The van der Waals surface area contributed by atoms with Gasteiger partial charge in [-0.2, -0.15) is 4.39 Å². The predicted octanol–water partition coefficient (Wildman–Crippen LogP) is 2.71. The van der Waals surface area contributed by atoms with Gasteiger partial charge in [-0.05, 0) is 30.7 Å². The molecule has 0 aliphatic carbocycles. The van der Waals surface area contributed by atoms with Crippen molar-refractivity contribution >= 4 is 22.7 Å². The second-order valence-corrected chi connectivity index (χ2v) is 5.12. The van der Waals surface area contributed by atoms with E-state index in [1.807, 2.05) is 0 Å². The highest BCUT2D eigenvalue weighted by Crippen LogP contribution is 2.29. The number of nitrogens with two attached hydrogens (primary N) is 1. The molecule has 0 aliphatic rings. The lowest BCUT2D eigenvalue weighted by Crippen LogP contribution is -2.04. The van der Waals surface area contributed by atoms with Crippen molar-refractivity contribution in [2.24, 2.45) is 0 Å². The first-order valence-electron chi connectivity index (χ1n) is 7.66. The highest BCUT2D eigenvalue weighted by Gasteiger charge is 2.15. The molecule has 0 bridgehead atoms. The summed E-state index contributed by atoms with van der Waals surface area (Å²) in [6.07, 6.45) is 0.597. The van der Waals surface area contributed by atoms with E-state index in [0.717, 1.165) is 12.1 Å². The van der Waals surface area contributed by atoms with Crippen LogP contribution in [0.25, 0.3) is 0 Å². The number of hydrogen-bond acceptors (Lipinski definition) is 8. The number of aliphatic hydroxyl groups is 1. The number of hydrogen-bond donors (Lipinski definition) is 3. The molecule has 0 saturated heterocycles. The third kappa shape index (κ3) is 6.74. The summed E-state index contributed by atoms with van der Waals surface area (Å²) >= 11 is 0. The van der Waals surface area contributed by atoms with E-state index in [0.29, 0.717) is 18.7 Å². The highest BCUT2D eigenvalue weighted by molar-refractivity contribution is 5.58. The summed E-state index contributed by atoms with van der Waals surface area (Å²) in [5, 5.41) is 32.4. The van der Waals surface area contributed by atoms with Gasteiger partial charge in [0.2, 0.25) is 5.82 Å². The second-order valence-electron chi connectivity index (χ2n) is 5.12. The van der Waals surface area contributed by atoms with Gasteiger partial charge in [-0.15, -0.1) is 0 Å². The smallest absolute Gasteiger partial charge is 0.312 e. The number of rotatable bonds is 7. The molecule has 2 rings (SSSR count). The molecule has 146 valence electrons. The molecule has 27 heavy (non-hydrogen) atoms. The molecule has 0 radical (unpaired) electrons. The summed E-state index contributed by atoms with van der Waals surface area (Å²) in [7, 11) is 1.39. The van der Waals surface area contributed by atoms with Crippen LogP contribution in [0.1, 0.15) is 6.42 Å². The number of halogens is 1. The number of nitrogens with zero attached hydrogens (tertiary/aromatic N) is 2. The molecule has 0 amide bonds. The van der Waals surface area contributed by atoms with Gasteiger partial charge < -0.3 is 20.9 Å². The molecule has 0 unspecified atom stereocenters. The standard InChI is InChI=1S/C10H14N2O4.C6H5FN2O2/c1-16-10-4-3-8(11-5-2-6-13)7-9(10)12(14)15;7-5-2-1-4(8)3-6(5)9(10)11/h3-4,7,11,13H,2,5-6H2,1H3;1-3H,8H2. The van der Waals surface area contributed by atoms with Crippen molar-refractivity contribution in [3.8, 4) is 5.75 Å². The minimum Gasteiger partial charge on any atom is -0.490 e. The van der Waals surface area contributed by atoms with Crippen molar-refractivity contribution in [1.82, 2.24) is 0 Å². The summed E-state index contributed by atoms with van der Waals surface area (Å²) < 4.78 is 17.4. The van der Waals surface area contributed by atoms with E-state index in [1.54, 1.807) is 12.1 Å². The lowest BCUT2D eigenvalue weighted by molar-refractivity contribution is -0.387. The quantitative estimate of drug-likeness (QED) is 0.286. The van der Waals surface area contributed by atoms with Crippen LogP contribution in [0, 0.1) is 26.0 Å². The minimum absolute atomic E-state index is 0.0727. The molecule has 4 N–H and O–H groups in total. The second kappa shape index (κ2) is 10.5. The van der Waals surface area contributed by atoms with E-state index in [2.05, 4.69) is 5.32 Å². The minimum atomic E-state index is -0.871. The van der Waals surface area contributed by atoms with Crippen LogP contribution in [0.5, 0.6) is 5.75 Å². The van der Waals surface area contributed by atoms with Crippen LogP contribution in [-0.2, 0) is 0 Å². The Balaban J connectivity index is 0.000000289. The maximum atomic E-state index is 12.5. The maximum Gasteiger partial charge on any atom is 0.312 e. The molecule has 11 heteroatoms. The summed E-state index contributed by atoms with van der Waals surface area (Å²) in [6, 6.07) is 7.87. The Morgan fingerprint density at radius 3 is 2.33 bits per heavy atom. The van der Waals surface area contributed by atoms with E-state index < -0.39 is 21.4 Å². The van der Waals surface area contributed by atoms with Crippen LogP contribution in [0.4, 0.5) is 27.1 Å². The van der Waals surface area contributed by atoms with E-state index in [1.165, 1.54) is 19.2 Å². The normalized spacial score (nSPS) is 9.74. The van der Waals surface area contributed by atoms with Gasteiger partial charge in [0.05, 0.1) is 17.0 Å². The van der Waals surface area contributed by atoms with Crippen LogP contribution in [0.15, 0.2) is 36.4 Å².